The number of hydrogen-bond acceptors (Lipinski definition) is 5. The molecule has 3 N–H and O–H groups in total. The number of amidine groups is 1. The van der Waals surface area contributed by atoms with Crippen LogP contribution in [0.25, 0.3) is 0 Å². The van der Waals surface area contributed by atoms with Crippen molar-refractivity contribution in [1.82, 2.24) is 0 Å². The Kier molecular flexibility index (Phi) is 4.11. The highest BCUT2D eigenvalue weighted by atomic mass is 35.5. The van der Waals surface area contributed by atoms with E-state index in [2.05, 4.69) is 5.16 Å². The molecule has 0 aliphatic rings. The third-order valence-electron chi connectivity index (χ3n) is 1.96. The summed E-state index contributed by atoms with van der Waals surface area (Å²) in [6, 6.07) is 3.89. The van der Waals surface area contributed by atoms with Gasteiger partial charge in [0.1, 0.15) is 10.8 Å². The number of nitro groups is 1. The molecular weight excluding hydrogens is 250 g/mol. The smallest absolute Gasteiger partial charge is 0.288 e. The first-order valence-corrected chi connectivity index (χ1v) is 4.91. The minimum absolute atomic E-state index is 0.0424. The van der Waals surface area contributed by atoms with Gasteiger partial charge in [-0.1, -0.05) is 16.8 Å². The van der Waals surface area contributed by atoms with E-state index in [9.17, 15) is 10.1 Å². The van der Waals surface area contributed by atoms with E-state index < -0.39 is 11.0 Å². The molecule has 1 atom stereocenters. The lowest BCUT2D eigenvalue weighted by molar-refractivity contribution is -0.384. The summed E-state index contributed by atoms with van der Waals surface area (Å²) in [4.78, 5) is 9.92. The first kappa shape index (κ1) is 13.0. The van der Waals surface area contributed by atoms with Crippen molar-refractivity contribution in [3.63, 3.8) is 0 Å². The molecule has 0 saturated heterocycles. The molecule has 1 unspecified atom stereocenters. The maximum Gasteiger partial charge on any atom is 0.288 e. The Morgan fingerprint density at radius 2 is 2.35 bits per heavy atom. The Balaban J connectivity index is 2.88. The Hall–Kier alpha value is -2.02. The van der Waals surface area contributed by atoms with Gasteiger partial charge in [-0.25, -0.2) is 0 Å². The zero-order valence-corrected chi connectivity index (χ0v) is 9.59. The summed E-state index contributed by atoms with van der Waals surface area (Å²) in [5.41, 5.74) is 5.10. The molecule has 7 nitrogen and oxygen atoms in total. The van der Waals surface area contributed by atoms with Gasteiger partial charge in [-0.15, -0.1) is 0 Å². The first-order valence-electron chi connectivity index (χ1n) is 4.53. The quantitative estimate of drug-likeness (QED) is 0.281. The van der Waals surface area contributed by atoms with E-state index in [0.717, 1.165) is 0 Å². The van der Waals surface area contributed by atoms with Crippen LogP contribution in [0.15, 0.2) is 23.4 Å². The molecule has 17 heavy (non-hydrogen) atoms. The van der Waals surface area contributed by atoms with Crippen LogP contribution in [0.3, 0.4) is 0 Å². The number of ether oxygens (including phenoxy) is 1. The Morgan fingerprint density at radius 3 is 2.82 bits per heavy atom. The second-order valence-corrected chi connectivity index (χ2v) is 3.56. The zero-order valence-electron chi connectivity index (χ0n) is 8.83. The number of rotatable bonds is 4. The third-order valence-corrected chi connectivity index (χ3v) is 2.26. The van der Waals surface area contributed by atoms with Crippen molar-refractivity contribution in [2.75, 3.05) is 0 Å². The average molecular weight is 260 g/mol. The Labute approximate surface area is 102 Å². The minimum Gasteiger partial charge on any atom is -0.483 e. The summed E-state index contributed by atoms with van der Waals surface area (Å²) in [5.74, 6) is 0.180. The lowest BCUT2D eigenvalue weighted by atomic mass is 10.3. The van der Waals surface area contributed by atoms with Crippen LogP contribution in [0.2, 0.25) is 5.02 Å². The molecule has 8 heteroatoms. The zero-order chi connectivity index (χ0) is 13.0. The highest BCUT2D eigenvalue weighted by molar-refractivity contribution is 6.32. The van der Waals surface area contributed by atoms with E-state index in [1.807, 2.05) is 0 Å². The third kappa shape index (κ3) is 3.22. The molecule has 0 heterocycles. The highest BCUT2D eigenvalue weighted by Crippen LogP contribution is 2.28. The molecule has 0 bridgehead atoms. The SMILES string of the molecule is CC(Oc1ccc([N+](=O)[O-])c(Cl)c1)/C(N)=N/O. The number of hydrogen-bond donors (Lipinski definition) is 2. The van der Waals surface area contributed by atoms with E-state index in [1.165, 1.54) is 18.2 Å². The van der Waals surface area contributed by atoms with Crippen molar-refractivity contribution in [3.05, 3.63) is 33.3 Å². The number of halogens is 1. The van der Waals surface area contributed by atoms with Crippen molar-refractivity contribution >= 4 is 23.1 Å². The van der Waals surface area contributed by atoms with Crippen molar-refractivity contribution in [2.24, 2.45) is 10.9 Å². The molecule has 92 valence electrons. The van der Waals surface area contributed by atoms with Gasteiger partial charge in [0, 0.05) is 12.1 Å². The Morgan fingerprint density at radius 1 is 1.71 bits per heavy atom. The molecule has 0 saturated carbocycles. The molecular formula is C9H10ClN3O4. The largest absolute Gasteiger partial charge is 0.483 e. The summed E-state index contributed by atoms with van der Waals surface area (Å²) in [6.45, 7) is 1.56. The molecule has 0 fully saturated rings. The van der Waals surface area contributed by atoms with E-state index in [0.29, 0.717) is 5.75 Å². The van der Waals surface area contributed by atoms with Gasteiger partial charge in [-0.05, 0) is 13.0 Å². The molecule has 1 aromatic carbocycles. The van der Waals surface area contributed by atoms with Crippen LogP contribution < -0.4 is 10.5 Å². The van der Waals surface area contributed by atoms with E-state index in [4.69, 9.17) is 27.3 Å². The molecule has 0 aromatic heterocycles. The van der Waals surface area contributed by atoms with E-state index in [1.54, 1.807) is 6.92 Å². The fourth-order valence-electron chi connectivity index (χ4n) is 1.05. The van der Waals surface area contributed by atoms with Gasteiger partial charge >= 0.3 is 0 Å². The minimum atomic E-state index is -0.669. The maximum atomic E-state index is 10.5. The van der Waals surface area contributed by atoms with Gasteiger partial charge in [0.15, 0.2) is 11.9 Å². The van der Waals surface area contributed by atoms with Crippen LogP contribution in [-0.2, 0) is 0 Å². The lowest BCUT2D eigenvalue weighted by Gasteiger charge is -2.12. The summed E-state index contributed by atoms with van der Waals surface area (Å²) in [5, 5.41) is 21.7. The van der Waals surface area contributed by atoms with Gasteiger partial charge in [-0.2, -0.15) is 0 Å². The number of oxime groups is 1. The van der Waals surface area contributed by atoms with E-state index in [-0.39, 0.29) is 16.5 Å². The second-order valence-electron chi connectivity index (χ2n) is 3.16. The highest BCUT2D eigenvalue weighted by Gasteiger charge is 2.15. The summed E-state index contributed by atoms with van der Waals surface area (Å²) >= 11 is 5.69. The topological polar surface area (TPSA) is 111 Å². The summed E-state index contributed by atoms with van der Waals surface area (Å²) < 4.78 is 5.26. The van der Waals surface area contributed by atoms with Crippen LogP contribution in [0.1, 0.15) is 6.92 Å². The van der Waals surface area contributed by atoms with Gasteiger partial charge in [0.25, 0.3) is 5.69 Å². The first-order chi connectivity index (χ1) is 7.95. The fourth-order valence-corrected chi connectivity index (χ4v) is 1.29. The summed E-state index contributed by atoms with van der Waals surface area (Å²) in [6.07, 6.45) is -0.669. The van der Waals surface area contributed by atoms with Crippen molar-refractivity contribution < 1.29 is 14.9 Å². The number of nitro benzene ring substituents is 1. The van der Waals surface area contributed by atoms with Gasteiger partial charge in [-0.3, -0.25) is 10.1 Å². The van der Waals surface area contributed by atoms with Gasteiger partial charge in [0.05, 0.1) is 4.92 Å². The van der Waals surface area contributed by atoms with Crippen LogP contribution in [0.5, 0.6) is 5.75 Å². The predicted molar refractivity (Wildman–Crippen MR) is 61.6 cm³/mol. The monoisotopic (exact) mass is 259 g/mol. The standard InChI is InChI=1S/C9H10ClN3O4/c1-5(9(11)12-14)17-6-2-3-8(13(15)16)7(10)4-6/h2-5,14H,1H3,(H2,11,12). The number of benzene rings is 1. The molecule has 0 amide bonds. The molecule has 0 spiro atoms. The molecule has 0 radical (unpaired) electrons. The molecule has 1 aromatic rings. The van der Waals surface area contributed by atoms with Crippen molar-refractivity contribution in [2.45, 2.75) is 13.0 Å². The van der Waals surface area contributed by atoms with Crippen molar-refractivity contribution in [1.29, 1.82) is 0 Å². The number of nitrogens with zero attached hydrogens (tertiary/aromatic N) is 2. The summed E-state index contributed by atoms with van der Waals surface area (Å²) in [7, 11) is 0. The molecule has 0 aliphatic carbocycles. The predicted octanol–water partition coefficient (Wildman–Crippen LogP) is 1.76. The normalized spacial score (nSPS) is 13.2. The fraction of sp³-hybridized carbons (Fsp3) is 0.222. The molecule has 0 aliphatic heterocycles. The number of nitrogens with two attached hydrogens (primary N) is 1. The molecule has 1 rings (SSSR count). The van der Waals surface area contributed by atoms with Crippen molar-refractivity contribution in [3.8, 4) is 5.75 Å². The van der Waals surface area contributed by atoms with Gasteiger partial charge < -0.3 is 15.7 Å². The lowest BCUT2D eigenvalue weighted by Crippen LogP contribution is -2.31. The second kappa shape index (κ2) is 5.35. The maximum absolute atomic E-state index is 10.5. The van der Waals surface area contributed by atoms with Gasteiger partial charge in [0.2, 0.25) is 0 Å². The average Bonchev–Trinajstić information content (AvgIpc) is 2.27. The van der Waals surface area contributed by atoms with E-state index >= 15 is 0 Å². The van der Waals surface area contributed by atoms with Crippen LogP contribution in [-0.4, -0.2) is 22.1 Å². The Bertz CT molecular complexity index is 464. The van der Waals surface area contributed by atoms with Crippen LogP contribution in [0.4, 0.5) is 5.69 Å². The van der Waals surface area contributed by atoms with Crippen LogP contribution in [0, 0.1) is 10.1 Å². The van der Waals surface area contributed by atoms with Crippen LogP contribution >= 0.6 is 11.6 Å².